The molecule has 3 N–H and O–H groups in total. The molecule has 0 saturated carbocycles. The van der Waals surface area contributed by atoms with Gasteiger partial charge in [0.1, 0.15) is 11.4 Å². The van der Waals surface area contributed by atoms with E-state index in [1.54, 1.807) is 20.8 Å². The van der Waals surface area contributed by atoms with Crippen LogP contribution >= 0.6 is 0 Å². The molecule has 0 radical (unpaired) electrons. The largest absolute Gasteiger partial charge is 0.444 e. The third kappa shape index (κ3) is 4.57. The van der Waals surface area contributed by atoms with E-state index >= 15 is 0 Å². The number of nitrogens with two attached hydrogens (primary N) is 1. The Morgan fingerprint density at radius 1 is 1.47 bits per heavy atom. The minimum Gasteiger partial charge on any atom is -0.444 e. The Hall–Kier alpha value is -2.11. The zero-order chi connectivity index (χ0) is 14.6. The van der Waals surface area contributed by atoms with E-state index < -0.39 is 17.5 Å². The fourth-order valence-electron chi connectivity index (χ4n) is 1.37. The lowest BCUT2D eigenvalue weighted by molar-refractivity contribution is 0.0523. The van der Waals surface area contributed by atoms with Gasteiger partial charge in [0.15, 0.2) is 6.29 Å². The molecule has 5 nitrogen and oxygen atoms in total. The van der Waals surface area contributed by atoms with Crippen molar-refractivity contribution in [2.24, 2.45) is 0 Å². The van der Waals surface area contributed by atoms with Gasteiger partial charge in [0.25, 0.3) is 0 Å². The van der Waals surface area contributed by atoms with Crippen LogP contribution in [0, 0.1) is 5.82 Å². The molecule has 0 spiro atoms. The first-order valence-electron chi connectivity index (χ1n) is 5.73. The maximum atomic E-state index is 13.6. The summed E-state index contributed by atoms with van der Waals surface area (Å²) in [6.07, 6.45) is -0.173. The lowest BCUT2D eigenvalue weighted by Crippen LogP contribution is -2.32. The van der Waals surface area contributed by atoms with Crippen LogP contribution in [-0.4, -0.2) is 18.0 Å². The first-order valence-corrected chi connectivity index (χ1v) is 5.73. The quantitative estimate of drug-likeness (QED) is 0.650. The molecule has 1 rings (SSSR count). The number of ether oxygens (including phenoxy) is 1. The first-order chi connectivity index (χ1) is 8.73. The molecule has 0 aliphatic heterocycles. The van der Waals surface area contributed by atoms with Crippen molar-refractivity contribution in [1.82, 2.24) is 5.32 Å². The van der Waals surface area contributed by atoms with Crippen LogP contribution in [0.1, 0.15) is 36.7 Å². The number of hydrogen-bond acceptors (Lipinski definition) is 4. The van der Waals surface area contributed by atoms with E-state index in [9.17, 15) is 14.0 Å². The summed E-state index contributed by atoms with van der Waals surface area (Å²) in [7, 11) is 0. The molecule has 104 valence electrons. The van der Waals surface area contributed by atoms with Gasteiger partial charge >= 0.3 is 6.09 Å². The minimum atomic E-state index is -0.648. The molecule has 0 bridgehead atoms. The van der Waals surface area contributed by atoms with E-state index in [0.29, 0.717) is 6.29 Å². The Morgan fingerprint density at radius 3 is 2.63 bits per heavy atom. The highest BCUT2D eigenvalue weighted by Crippen LogP contribution is 2.16. The van der Waals surface area contributed by atoms with Crippen LogP contribution in [0.2, 0.25) is 0 Å². The molecule has 0 atom stereocenters. The fourth-order valence-corrected chi connectivity index (χ4v) is 1.37. The lowest BCUT2D eigenvalue weighted by atomic mass is 10.1. The first kappa shape index (κ1) is 14.9. The van der Waals surface area contributed by atoms with Crippen molar-refractivity contribution in [3.8, 4) is 0 Å². The van der Waals surface area contributed by atoms with Gasteiger partial charge in [0.05, 0.1) is 0 Å². The number of anilines is 1. The van der Waals surface area contributed by atoms with Crippen molar-refractivity contribution in [2.75, 3.05) is 5.73 Å². The molecular weight excluding hydrogens is 251 g/mol. The zero-order valence-electron chi connectivity index (χ0n) is 11.1. The smallest absolute Gasteiger partial charge is 0.407 e. The van der Waals surface area contributed by atoms with Gasteiger partial charge in [0, 0.05) is 23.4 Å². The summed E-state index contributed by atoms with van der Waals surface area (Å²) in [6.45, 7) is 5.11. The molecule has 6 heteroatoms. The van der Waals surface area contributed by atoms with Crippen molar-refractivity contribution in [3.63, 3.8) is 0 Å². The number of benzene rings is 1. The molecular formula is C13H17FN2O3. The highest BCUT2D eigenvalue weighted by atomic mass is 19.1. The van der Waals surface area contributed by atoms with E-state index in [0.717, 1.165) is 6.07 Å². The number of carbonyl (C=O) groups is 2. The number of carbonyl (C=O) groups excluding carboxylic acids is 2. The van der Waals surface area contributed by atoms with Gasteiger partial charge in [-0.2, -0.15) is 0 Å². The average molecular weight is 268 g/mol. The van der Waals surface area contributed by atoms with E-state index in [1.165, 1.54) is 6.07 Å². The van der Waals surface area contributed by atoms with Gasteiger partial charge in [-0.1, -0.05) is 0 Å². The van der Waals surface area contributed by atoms with Crippen LogP contribution in [-0.2, 0) is 11.3 Å². The lowest BCUT2D eigenvalue weighted by Gasteiger charge is -2.19. The summed E-state index contributed by atoms with van der Waals surface area (Å²) in [5, 5.41) is 2.42. The average Bonchev–Trinajstić information content (AvgIpc) is 2.27. The number of hydrogen-bond donors (Lipinski definition) is 2. The summed E-state index contributed by atoms with van der Waals surface area (Å²) in [5.74, 6) is -0.604. The Bertz CT molecular complexity index is 495. The maximum Gasteiger partial charge on any atom is 0.407 e. The summed E-state index contributed by atoms with van der Waals surface area (Å²) < 4.78 is 18.6. The molecule has 0 aromatic heterocycles. The third-order valence-electron chi connectivity index (χ3n) is 2.20. The van der Waals surface area contributed by atoms with Crippen LogP contribution in [0.4, 0.5) is 14.9 Å². The number of alkyl carbamates (subject to hydrolysis) is 1. The molecule has 1 amide bonds. The van der Waals surface area contributed by atoms with Crippen LogP contribution in [0.5, 0.6) is 0 Å². The van der Waals surface area contributed by atoms with E-state index in [2.05, 4.69) is 5.32 Å². The monoisotopic (exact) mass is 268 g/mol. The number of nitrogen functional groups attached to an aromatic ring is 1. The molecule has 0 heterocycles. The SMILES string of the molecule is CC(C)(C)OC(=O)NCc1cc(N)c(C=O)cc1F. The Balaban J connectivity index is 2.71. The van der Waals surface area contributed by atoms with Crippen molar-refractivity contribution in [2.45, 2.75) is 32.9 Å². The summed E-state index contributed by atoms with van der Waals surface area (Å²) in [4.78, 5) is 22.0. The molecule has 0 aliphatic rings. The van der Waals surface area contributed by atoms with Gasteiger partial charge in [-0.15, -0.1) is 0 Å². The van der Waals surface area contributed by atoms with Crippen molar-refractivity contribution < 1.29 is 18.7 Å². The van der Waals surface area contributed by atoms with Gasteiger partial charge in [-0.05, 0) is 32.9 Å². The third-order valence-corrected chi connectivity index (χ3v) is 2.20. The molecule has 0 aliphatic carbocycles. The van der Waals surface area contributed by atoms with Gasteiger partial charge in [-0.25, -0.2) is 9.18 Å². The number of rotatable bonds is 3. The molecule has 19 heavy (non-hydrogen) atoms. The van der Waals surface area contributed by atoms with Crippen molar-refractivity contribution >= 4 is 18.1 Å². The van der Waals surface area contributed by atoms with Crippen LogP contribution in [0.3, 0.4) is 0 Å². The van der Waals surface area contributed by atoms with Crippen molar-refractivity contribution in [3.05, 3.63) is 29.1 Å². The second kappa shape index (κ2) is 5.69. The zero-order valence-corrected chi connectivity index (χ0v) is 11.1. The molecule has 0 fully saturated rings. The standard InChI is InChI=1S/C13H17FN2O3/c1-13(2,3)19-12(18)16-6-8-5-11(15)9(7-17)4-10(8)14/h4-5,7H,6,15H2,1-3H3,(H,16,18). The number of aldehydes is 1. The van der Waals surface area contributed by atoms with Gasteiger partial charge in [0.2, 0.25) is 0 Å². The maximum absolute atomic E-state index is 13.6. The van der Waals surface area contributed by atoms with E-state index in [-0.39, 0.29) is 23.4 Å². The minimum absolute atomic E-state index is 0.0654. The number of nitrogens with one attached hydrogen (secondary N) is 1. The Labute approximate surface area is 110 Å². The highest BCUT2D eigenvalue weighted by molar-refractivity contribution is 5.83. The molecule has 1 aromatic rings. The number of amides is 1. The van der Waals surface area contributed by atoms with E-state index in [4.69, 9.17) is 10.5 Å². The normalized spacial score (nSPS) is 10.9. The molecule has 0 saturated heterocycles. The van der Waals surface area contributed by atoms with Crippen LogP contribution in [0.25, 0.3) is 0 Å². The number of halogens is 1. The predicted molar refractivity (Wildman–Crippen MR) is 69.3 cm³/mol. The summed E-state index contributed by atoms with van der Waals surface area (Å²) >= 11 is 0. The molecule has 0 unspecified atom stereocenters. The second-order valence-electron chi connectivity index (χ2n) is 5.05. The van der Waals surface area contributed by atoms with Crippen LogP contribution < -0.4 is 11.1 Å². The summed E-state index contributed by atoms with van der Waals surface area (Å²) in [6, 6.07) is 2.35. The Kier molecular flexibility index (Phi) is 4.47. The predicted octanol–water partition coefficient (Wildman–Crippen LogP) is 2.25. The second-order valence-corrected chi connectivity index (χ2v) is 5.05. The van der Waals surface area contributed by atoms with Gasteiger partial charge < -0.3 is 15.8 Å². The van der Waals surface area contributed by atoms with Gasteiger partial charge in [-0.3, -0.25) is 4.79 Å². The highest BCUT2D eigenvalue weighted by Gasteiger charge is 2.16. The van der Waals surface area contributed by atoms with E-state index in [1.807, 2.05) is 0 Å². The Morgan fingerprint density at radius 2 is 2.11 bits per heavy atom. The summed E-state index contributed by atoms with van der Waals surface area (Å²) in [5.41, 5.74) is 5.38. The van der Waals surface area contributed by atoms with Crippen molar-refractivity contribution in [1.29, 1.82) is 0 Å². The fraction of sp³-hybridized carbons (Fsp3) is 0.385. The molecule has 1 aromatic carbocycles. The topological polar surface area (TPSA) is 81.4 Å². The van der Waals surface area contributed by atoms with Crippen LogP contribution in [0.15, 0.2) is 12.1 Å².